The minimum atomic E-state index is -0.544. The second kappa shape index (κ2) is 9.37. The van der Waals surface area contributed by atoms with Crippen molar-refractivity contribution in [2.45, 2.75) is 57.4 Å². The zero-order valence-corrected chi connectivity index (χ0v) is 17.2. The van der Waals surface area contributed by atoms with Crippen molar-refractivity contribution in [2.75, 3.05) is 11.5 Å². The molecule has 0 amide bonds. The molecule has 1 aromatic carbocycles. The Hall–Kier alpha value is -2.15. The third kappa shape index (κ3) is 4.63. The van der Waals surface area contributed by atoms with E-state index in [1.54, 1.807) is 6.20 Å². The number of imidazole rings is 1. The smallest absolute Gasteiger partial charge is 0.151 e. The van der Waals surface area contributed by atoms with Crippen LogP contribution in [0.2, 0.25) is 0 Å². The summed E-state index contributed by atoms with van der Waals surface area (Å²) in [5.41, 5.74) is 8.97. The number of thioether (sulfide) groups is 1. The van der Waals surface area contributed by atoms with Crippen LogP contribution in [0.5, 0.6) is 0 Å². The molecule has 0 aliphatic rings. The second-order valence-electron chi connectivity index (χ2n) is 6.94. The van der Waals surface area contributed by atoms with E-state index in [0.717, 1.165) is 72.9 Å². The lowest BCUT2D eigenvalue weighted by atomic mass is 10.2. The lowest BCUT2D eigenvalue weighted by molar-refractivity contribution is 0.565. The van der Waals surface area contributed by atoms with Crippen LogP contribution in [-0.2, 0) is 13.0 Å². The standard InChI is InChI=1S/C21H26F2N4S/c1-3-4-7-18-26-19-20(14(2)13-25-21(19)24)27(18)10-5-6-11-28-17-9-8-15(22)12-16(17)23/h8-9,12-13H,3-7,10-11H2,1-2H3,(H2,24,25). The number of pyridine rings is 1. The maximum absolute atomic E-state index is 13.7. The van der Waals surface area contributed by atoms with Gasteiger partial charge in [0.1, 0.15) is 23.0 Å². The monoisotopic (exact) mass is 404 g/mol. The molecule has 0 aliphatic carbocycles. The van der Waals surface area contributed by atoms with Crippen molar-refractivity contribution in [3.8, 4) is 0 Å². The molecule has 150 valence electrons. The number of nitrogen functional groups attached to an aromatic ring is 1. The minimum absolute atomic E-state index is 0.472. The summed E-state index contributed by atoms with van der Waals surface area (Å²) < 4.78 is 29.0. The summed E-state index contributed by atoms with van der Waals surface area (Å²) in [5.74, 6) is 1.27. The number of aromatic nitrogens is 3. The summed E-state index contributed by atoms with van der Waals surface area (Å²) in [7, 11) is 0. The van der Waals surface area contributed by atoms with Gasteiger partial charge in [-0.05, 0) is 49.6 Å². The minimum Gasteiger partial charge on any atom is -0.382 e. The third-order valence-corrected chi connectivity index (χ3v) is 5.88. The van der Waals surface area contributed by atoms with Crippen LogP contribution < -0.4 is 5.73 Å². The van der Waals surface area contributed by atoms with E-state index in [9.17, 15) is 8.78 Å². The number of fused-ring (bicyclic) bond motifs is 1. The molecule has 0 bridgehead atoms. The molecule has 0 saturated carbocycles. The fraction of sp³-hybridized carbons (Fsp3) is 0.429. The zero-order valence-electron chi connectivity index (χ0n) is 16.3. The Kier molecular flexibility index (Phi) is 6.88. The quantitative estimate of drug-likeness (QED) is 0.377. The van der Waals surface area contributed by atoms with Crippen LogP contribution in [0.1, 0.15) is 44.0 Å². The summed E-state index contributed by atoms with van der Waals surface area (Å²) >= 11 is 1.42. The van der Waals surface area contributed by atoms with Gasteiger partial charge in [0.15, 0.2) is 5.82 Å². The predicted octanol–water partition coefficient (Wildman–Crippen LogP) is 5.52. The van der Waals surface area contributed by atoms with Gasteiger partial charge >= 0.3 is 0 Å². The van der Waals surface area contributed by atoms with Crippen LogP contribution in [0.25, 0.3) is 11.0 Å². The summed E-state index contributed by atoms with van der Waals surface area (Å²) in [6, 6.07) is 3.73. The van der Waals surface area contributed by atoms with Crippen molar-refractivity contribution < 1.29 is 8.78 Å². The first-order valence-electron chi connectivity index (χ1n) is 9.69. The Morgan fingerprint density at radius 2 is 2.00 bits per heavy atom. The Balaban J connectivity index is 1.66. The summed E-state index contributed by atoms with van der Waals surface area (Å²) in [6.07, 6.45) is 6.77. The molecule has 28 heavy (non-hydrogen) atoms. The van der Waals surface area contributed by atoms with E-state index in [1.807, 2.05) is 6.92 Å². The Morgan fingerprint density at radius 1 is 1.18 bits per heavy atom. The molecule has 0 atom stereocenters. The van der Waals surface area contributed by atoms with Crippen LogP contribution in [0.15, 0.2) is 29.3 Å². The Morgan fingerprint density at radius 3 is 2.75 bits per heavy atom. The molecule has 0 unspecified atom stereocenters. The van der Waals surface area contributed by atoms with Crippen LogP contribution in [0, 0.1) is 18.6 Å². The molecule has 2 N–H and O–H groups in total. The molecule has 0 fully saturated rings. The van der Waals surface area contributed by atoms with E-state index in [0.29, 0.717) is 10.7 Å². The average Bonchev–Trinajstić information content (AvgIpc) is 3.04. The van der Waals surface area contributed by atoms with Gasteiger partial charge in [0.05, 0.1) is 5.52 Å². The largest absolute Gasteiger partial charge is 0.382 e. The zero-order chi connectivity index (χ0) is 20.1. The number of hydrogen-bond acceptors (Lipinski definition) is 4. The molecule has 3 rings (SSSR count). The van der Waals surface area contributed by atoms with Crippen molar-refractivity contribution in [2.24, 2.45) is 0 Å². The fourth-order valence-corrected chi connectivity index (χ4v) is 4.21. The first-order chi connectivity index (χ1) is 13.5. The molecule has 2 aromatic heterocycles. The maximum Gasteiger partial charge on any atom is 0.151 e. The fourth-order valence-electron chi connectivity index (χ4n) is 3.28. The molecule has 0 radical (unpaired) electrons. The molecule has 0 saturated heterocycles. The predicted molar refractivity (Wildman–Crippen MR) is 112 cm³/mol. The number of halogens is 2. The first kappa shape index (κ1) is 20.6. The van der Waals surface area contributed by atoms with Gasteiger partial charge in [0.25, 0.3) is 0 Å². The van der Waals surface area contributed by atoms with Crippen LogP contribution >= 0.6 is 11.8 Å². The maximum atomic E-state index is 13.7. The second-order valence-corrected chi connectivity index (χ2v) is 8.07. The normalized spacial score (nSPS) is 11.4. The summed E-state index contributed by atoms with van der Waals surface area (Å²) in [4.78, 5) is 9.49. The molecule has 0 spiro atoms. The Bertz CT molecular complexity index is 955. The van der Waals surface area contributed by atoms with Crippen LogP contribution in [-0.4, -0.2) is 20.3 Å². The third-order valence-electron chi connectivity index (χ3n) is 4.74. The number of anilines is 1. The van der Waals surface area contributed by atoms with Crippen molar-refractivity contribution in [1.29, 1.82) is 0 Å². The molecule has 7 heteroatoms. The topological polar surface area (TPSA) is 56.7 Å². The summed E-state index contributed by atoms with van der Waals surface area (Å²) in [5, 5.41) is 0. The number of nitrogens with zero attached hydrogens (tertiary/aromatic N) is 3. The van der Waals surface area contributed by atoms with E-state index in [1.165, 1.54) is 23.9 Å². The number of unbranched alkanes of at least 4 members (excludes halogenated alkanes) is 2. The molecule has 4 nitrogen and oxygen atoms in total. The van der Waals surface area contributed by atoms with Crippen molar-refractivity contribution in [3.05, 3.63) is 47.4 Å². The van der Waals surface area contributed by atoms with Gasteiger partial charge in [-0.1, -0.05) is 13.3 Å². The van der Waals surface area contributed by atoms with Gasteiger partial charge in [0.2, 0.25) is 0 Å². The highest BCUT2D eigenvalue weighted by Crippen LogP contribution is 2.26. The van der Waals surface area contributed by atoms with Gasteiger partial charge in [-0.3, -0.25) is 0 Å². The van der Waals surface area contributed by atoms with Crippen LogP contribution in [0.3, 0.4) is 0 Å². The van der Waals surface area contributed by atoms with E-state index in [4.69, 9.17) is 10.7 Å². The van der Waals surface area contributed by atoms with Crippen molar-refractivity contribution >= 4 is 28.6 Å². The van der Waals surface area contributed by atoms with Gasteiger partial charge in [-0.25, -0.2) is 18.7 Å². The lowest BCUT2D eigenvalue weighted by Crippen LogP contribution is -2.05. The number of nitrogens with two attached hydrogens (primary N) is 1. The van der Waals surface area contributed by atoms with Gasteiger partial charge in [-0.2, -0.15) is 0 Å². The molecule has 2 heterocycles. The van der Waals surface area contributed by atoms with E-state index < -0.39 is 11.6 Å². The highest BCUT2D eigenvalue weighted by molar-refractivity contribution is 7.99. The summed E-state index contributed by atoms with van der Waals surface area (Å²) in [6.45, 7) is 5.04. The molecule has 0 aliphatic heterocycles. The van der Waals surface area contributed by atoms with Gasteiger partial charge < -0.3 is 10.3 Å². The SMILES string of the molecule is CCCCc1nc2c(N)ncc(C)c2n1CCCCSc1ccc(F)cc1F. The average molecular weight is 405 g/mol. The van der Waals surface area contributed by atoms with Gasteiger partial charge in [-0.15, -0.1) is 11.8 Å². The number of hydrogen-bond donors (Lipinski definition) is 1. The lowest BCUT2D eigenvalue weighted by Gasteiger charge is -2.11. The van der Waals surface area contributed by atoms with Crippen molar-refractivity contribution in [3.63, 3.8) is 0 Å². The Labute approximate surface area is 168 Å². The number of benzene rings is 1. The van der Waals surface area contributed by atoms with E-state index >= 15 is 0 Å². The molecular formula is C21H26F2N4S. The van der Waals surface area contributed by atoms with Gasteiger partial charge in [0, 0.05) is 30.1 Å². The number of rotatable bonds is 9. The molecule has 3 aromatic rings. The van der Waals surface area contributed by atoms with E-state index in [-0.39, 0.29) is 0 Å². The molecular weight excluding hydrogens is 378 g/mol. The van der Waals surface area contributed by atoms with Crippen LogP contribution in [0.4, 0.5) is 14.6 Å². The highest BCUT2D eigenvalue weighted by atomic mass is 32.2. The highest BCUT2D eigenvalue weighted by Gasteiger charge is 2.15. The van der Waals surface area contributed by atoms with Crippen molar-refractivity contribution in [1.82, 2.24) is 14.5 Å². The van der Waals surface area contributed by atoms with E-state index in [2.05, 4.69) is 16.5 Å². The number of aryl methyl sites for hydroxylation is 3. The first-order valence-corrected chi connectivity index (χ1v) is 10.7.